The molecule has 0 spiro atoms. The van der Waals surface area contributed by atoms with Gasteiger partial charge in [-0.25, -0.2) is 38.2 Å². The summed E-state index contributed by atoms with van der Waals surface area (Å²) in [5.41, 5.74) is 32.7. The maximum absolute atomic E-state index is 8.15. The van der Waals surface area contributed by atoms with Crippen molar-refractivity contribution in [3.8, 4) is 89.5 Å². The highest BCUT2D eigenvalue weighted by atomic mass is 16.4. The summed E-state index contributed by atoms with van der Waals surface area (Å²) >= 11 is 0. The Morgan fingerprint density at radius 2 is 0.652 bits per heavy atom. The first-order chi connectivity index (χ1) is 58.1. The molecule has 0 aliphatic heterocycles. The number of hydrogen-bond acceptors (Lipinski definition) is 8. The van der Waals surface area contributed by atoms with Crippen molar-refractivity contribution in [3.63, 3.8) is 0 Å². The number of aryl methyl sites for hydroxylation is 15. The second-order valence-corrected chi connectivity index (χ2v) is 30.1. The molecular weight excluding hydrogens is 1410 g/mol. The molecule has 12 aromatic heterocycles. The van der Waals surface area contributed by atoms with Crippen molar-refractivity contribution in [2.75, 3.05) is 0 Å². The first-order valence-corrected chi connectivity index (χ1v) is 38.6. The average Bonchev–Trinajstić information content (AvgIpc) is 1.58. The second-order valence-electron chi connectivity index (χ2n) is 30.1. The molecule has 0 aliphatic carbocycles. The molecule has 0 aliphatic rings. The highest BCUT2D eigenvalue weighted by Crippen LogP contribution is 2.44. The van der Waals surface area contributed by atoms with Gasteiger partial charge in [-0.15, -0.1) is 0 Å². The predicted octanol–water partition coefficient (Wildman–Crippen LogP) is 24.0. The maximum atomic E-state index is 8.15. The van der Waals surface area contributed by atoms with Gasteiger partial charge in [0.2, 0.25) is 45.6 Å². The van der Waals surface area contributed by atoms with Crippen LogP contribution in [0.15, 0.2) is 291 Å². The third kappa shape index (κ3) is 13.7. The number of hydrogen-bond donors (Lipinski definition) is 0. The SMILES string of the molecule is Cc1c[n+](C)c(-c2c(C)ccc3c2oc2ncccc23)cc1-c1ccccc1.Cc1ccc2c(oc3ncccc32)c1-c1cc(-c2ccccc2)cc[n+]1C.[2H]C([2H])([2H])c1cc(C)c(-c2cc(C)c(-c3ccccc3)c[n+]2C)c2oc3nc(C)ccc3c12.[2H]C([2H])([2H])c1cc(C)c(-c2cc(C)c(-c3ccccc3)c[n+]2C)c2oc3nc(C)ccc3c12. The number of nitrogens with zero attached hydrogens (tertiary/aromatic N) is 8. The summed E-state index contributed by atoms with van der Waals surface area (Å²) in [6, 6.07) is 80.3. The van der Waals surface area contributed by atoms with Gasteiger partial charge in [0.05, 0.1) is 22.3 Å². The van der Waals surface area contributed by atoms with Gasteiger partial charge in [-0.1, -0.05) is 158 Å². The fourth-order valence-electron chi connectivity index (χ4n) is 16.4. The first kappa shape index (κ1) is 66.9. The molecule has 8 aromatic carbocycles. The molecular formula is C103H90N8O4+4. The van der Waals surface area contributed by atoms with E-state index >= 15 is 0 Å². The van der Waals surface area contributed by atoms with Gasteiger partial charge >= 0.3 is 0 Å². The number of rotatable bonds is 8. The van der Waals surface area contributed by atoms with Crippen LogP contribution in [0.4, 0.5) is 0 Å². The van der Waals surface area contributed by atoms with Crippen LogP contribution in [0.5, 0.6) is 0 Å². The largest absolute Gasteiger partial charge is 0.437 e. The van der Waals surface area contributed by atoms with Crippen LogP contribution in [0.1, 0.15) is 69.7 Å². The predicted molar refractivity (Wildman–Crippen MR) is 466 cm³/mol. The lowest BCUT2D eigenvalue weighted by molar-refractivity contribution is -0.660. The quantitative estimate of drug-likeness (QED) is 0.138. The summed E-state index contributed by atoms with van der Waals surface area (Å²) in [5, 5.41) is 6.99. The average molecular weight is 1510 g/mol. The zero-order chi connectivity index (χ0) is 84.6. The van der Waals surface area contributed by atoms with Crippen molar-refractivity contribution >= 4 is 88.3 Å². The van der Waals surface area contributed by atoms with Crippen LogP contribution >= 0.6 is 0 Å². The maximum Gasteiger partial charge on any atom is 0.227 e. The summed E-state index contributed by atoms with van der Waals surface area (Å²) in [4.78, 5) is 17.9. The second kappa shape index (κ2) is 30.3. The van der Waals surface area contributed by atoms with E-state index in [-0.39, 0.29) is 0 Å². The van der Waals surface area contributed by atoms with Crippen molar-refractivity contribution in [3.05, 3.63) is 335 Å². The lowest BCUT2D eigenvalue weighted by atomic mass is 9.95. The van der Waals surface area contributed by atoms with Gasteiger partial charge in [-0.3, -0.25) is 0 Å². The van der Waals surface area contributed by atoms with E-state index in [1.165, 1.54) is 38.9 Å². The molecule has 0 unspecified atom stereocenters. The number of aromatic nitrogens is 8. The van der Waals surface area contributed by atoms with Crippen LogP contribution in [0.2, 0.25) is 0 Å². The van der Waals surface area contributed by atoms with Gasteiger partial charge < -0.3 is 17.7 Å². The van der Waals surface area contributed by atoms with Crippen molar-refractivity contribution in [1.29, 1.82) is 0 Å². The Morgan fingerprint density at radius 3 is 1.10 bits per heavy atom. The van der Waals surface area contributed by atoms with E-state index in [1.807, 2.05) is 121 Å². The van der Waals surface area contributed by atoms with E-state index in [4.69, 9.17) is 25.9 Å². The van der Waals surface area contributed by atoms with Crippen molar-refractivity contribution < 1.29 is 44.2 Å². The van der Waals surface area contributed by atoms with Crippen molar-refractivity contribution in [1.82, 2.24) is 19.9 Å². The Balaban J connectivity index is 0.000000115. The van der Waals surface area contributed by atoms with Gasteiger partial charge in [-0.05, 0) is 202 Å². The minimum atomic E-state index is -2.27. The minimum Gasteiger partial charge on any atom is -0.437 e. The van der Waals surface area contributed by atoms with Crippen LogP contribution in [-0.2, 0) is 28.2 Å². The summed E-state index contributed by atoms with van der Waals surface area (Å²) in [7, 11) is 8.18. The number of furan rings is 4. The lowest BCUT2D eigenvalue weighted by Gasteiger charge is -2.11. The van der Waals surface area contributed by atoms with Gasteiger partial charge in [0.1, 0.15) is 28.2 Å². The fourth-order valence-corrected chi connectivity index (χ4v) is 16.4. The molecule has 0 radical (unpaired) electrons. The van der Waals surface area contributed by atoms with Gasteiger partial charge in [0, 0.05) is 122 Å². The van der Waals surface area contributed by atoms with E-state index < -0.39 is 13.7 Å². The van der Waals surface area contributed by atoms with E-state index in [9.17, 15) is 0 Å². The molecule has 0 amide bonds. The molecule has 0 fully saturated rings. The molecule has 0 bridgehead atoms. The molecule has 12 heterocycles. The fraction of sp³-hybridized carbons (Fsp3) is 0.146. The highest BCUT2D eigenvalue weighted by Gasteiger charge is 2.29. The van der Waals surface area contributed by atoms with E-state index in [2.05, 4.69) is 257 Å². The Kier molecular flexibility index (Phi) is 17.7. The third-order valence-corrected chi connectivity index (χ3v) is 22.1. The standard InChI is InChI=1S/2C27H25N2O.C25H21N2O.C24H19N2O/c2*1-16-14-23(29(5)15-22(16)20-9-7-6-8-10-20)25-18(3)13-17(2)24-21-12-11-19(4)28-27(21)30-26(24)25;1-16-11-12-19-20-10-7-13-26-25(20)28-24(19)23(16)22-14-21(17(2)15-27(22)3)18-8-5-4-6-9-18;1-16-10-11-19-20-9-6-13-25-24(20)27-23(19)22(16)21-15-18(12-14-26(21)2)17-7-4-3-5-8-17/h2*6-15H,1-5H3;4-15H,1-3H3;3-15H,1-2H3/q4*+1/i2*2D3;;. The number of fused-ring (bicyclic) bond motifs is 12. The first-order valence-electron chi connectivity index (χ1n) is 41.6. The van der Waals surface area contributed by atoms with Crippen LogP contribution in [0.25, 0.3) is 178 Å². The summed E-state index contributed by atoms with van der Waals surface area (Å²) in [6.45, 7) is 13.8. The van der Waals surface area contributed by atoms with Crippen molar-refractivity contribution in [2.24, 2.45) is 28.2 Å². The molecule has 562 valence electrons. The number of pyridine rings is 8. The monoisotopic (exact) mass is 1510 g/mol. The summed E-state index contributed by atoms with van der Waals surface area (Å²) in [6.07, 6.45) is 12.1. The Bertz CT molecular complexity index is 7220. The van der Waals surface area contributed by atoms with E-state index in [0.717, 1.165) is 144 Å². The molecule has 0 atom stereocenters. The van der Waals surface area contributed by atoms with Crippen LogP contribution in [-0.4, -0.2) is 19.9 Å². The molecule has 0 saturated heterocycles. The lowest BCUT2D eigenvalue weighted by Crippen LogP contribution is -2.31. The molecule has 20 rings (SSSR count). The van der Waals surface area contributed by atoms with Crippen molar-refractivity contribution in [2.45, 2.75) is 76.0 Å². The third-order valence-electron chi connectivity index (χ3n) is 22.1. The molecule has 115 heavy (non-hydrogen) atoms. The normalized spacial score (nSPS) is 12.4. The van der Waals surface area contributed by atoms with Crippen LogP contribution in [0, 0.1) is 76.0 Å². The zero-order valence-electron chi connectivity index (χ0n) is 72.7. The summed E-state index contributed by atoms with van der Waals surface area (Å²) < 4.78 is 82.3. The highest BCUT2D eigenvalue weighted by molar-refractivity contribution is 6.13. The van der Waals surface area contributed by atoms with E-state index in [1.54, 1.807) is 24.5 Å². The topological polar surface area (TPSA) is 120 Å². The molecule has 0 N–H and O–H groups in total. The number of benzene rings is 8. The Hall–Kier alpha value is -13.8. The molecule has 20 aromatic rings. The Labute approximate surface area is 677 Å². The molecule has 12 nitrogen and oxygen atoms in total. The van der Waals surface area contributed by atoms with Gasteiger partial charge in [0.15, 0.2) is 47.1 Å². The van der Waals surface area contributed by atoms with Gasteiger partial charge in [-0.2, -0.15) is 0 Å². The molecule has 12 heteroatoms. The molecule has 0 saturated carbocycles. The van der Waals surface area contributed by atoms with Gasteiger partial charge in [0.25, 0.3) is 0 Å². The summed E-state index contributed by atoms with van der Waals surface area (Å²) in [5.74, 6) is 0. The smallest absolute Gasteiger partial charge is 0.227 e. The van der Waals surface area contributed by atoms with Crippen LogP contribution in [0.3, 0.4) is 0 Å². The minimum absolute atomic E-state index is 0.295. The van der Waals surface area contributed by atoms with Crippen LogP contribution < -0.4 is 18.3 Å². The van der Waals surface area contributed by atoms with E-state index in [0.29, 0.717) is 55.9 Å². The Morgan fingerprint density at radius 1 is 0.270 bits per heavy atom. The zero-order valence-corrected chi connectivity index (χ0v) is 66.7.